The van der Waals surface area contributed by atoms with Gasteiger partial charge < -0.3 is 15.3 Å². The van der Waals surface area contributed by atoms with Crippen LogP contribution in [0.15, 0.2) is 28.7 Å². The molecule has 0 aliphatic rings. The summed E-state index contributed by atoms with van der Waals surface area (Å²) >= 11 is 0. The van der Waals surface area contributed by atoms with Gasteiger partial charge in [-0.15, -0.1) is 0 Å². The summed E-state index contributed by atoms with van der Waals surface area (Å²) in [4.78, 5) is 4.35. The SMILES string of the molecule is Cc1oc(CCN)nc1-c1cccc(O)c1. The summed E-state index contributed by atoms with van der Waals surface area (Å²) < 4.78 is 5.48. The maximum absolute atomic E-state index is 9.40. The third kappa shape index (κ3) is 2.06. The number of hydrogen-bond acceptors (Lipinski definition) is 4. The van der Waals surface area contributed by atoms with E-state index in [1.165, 1.54) is 0 Å². The van der Waals surface area contributed by atoms with Crippen LogP contribution in [0.3, 0.4) is 0 Å². The molecule has 4 nitrogen and oxygen atoms in total. The van der Waals surface area contributed by atoms with Gasteiger partial charge in [0.05, 0.1) is 0 Å². The fourth-order valence-electron chi connectivity index (χ4n) is 1.60. The Morgan fingerprint density at radius 1 is 1.44 bits per heavy atom. The van der Waals surface area contributed by atoms with E-state index in [4.69, 9.17) is 10.2 Å². The molecule has 0 unspecified atom stereocenters. The molecule has 0 saturated heterocycles. The Balaban J connectivity index is 2.40. The minimum absolute atomic E-state index is 0.222. The van der Waals surface area contributed by atoms with E-state index in [9.17, 15) is 5.11 Å². The van der Waals surface area contributed by atoms with E-state index in [0.717, 1.165) is 17.0 Å². The molecule has 0 radical (unpaired) electrons. The maximum Gasteiger partial charge on any atom is 0.196 e. The normalized spacial score (nSPS) is 10.6. The Morgan fingerprint density at radius 3 is 2.94 bits per heavy atom. The molecule has 0 fully saturated rings. The highest BCUT2D eigenvalue weighted by atomic mass is 16.4. The van der Waals surface area contributed by atoms with Gasteiger partial charge in [0.25, 0.3) is 0 Å². The molecule has 16 heavy (non-hydrogen) atoms. The zero-order chi connectivity index (χ0) is 11.5. The van der Waals surface area contributed by atoms with Gasteiger partial charge >= 0.3 is 0 Å². The van der Waals surface area contributed by atoms with E-state index >= 15 is 0 Å². The molecule has 0 spiro atoms. The summed E-state index contributed by atoms with van der Waals surface area (Å²) in [6.07, 6.45) is 0.625. The van der Waals surface area contributed by atoms with Crippen molar-refractivity contribution >= 4 is 0 Å². The number of aryl methyl sites for hydroxylation is 1. The lowest BCUT2D eigenvalue weighted by atomic mass is 10.1. The van der Waals surface area contributed by atoms with Gasteiger partial charge in [0.1, 0.15) is 17.2 Å². The second-order valence-electron chi connectivity index (χ2n) is 3.60. The standard InChI is InChI=1S/C12H14N2O2/c1-8-12(14-11(16-8)5-6-13)9-3-2-4-10(15)7-9/h2-4,7,15H,5-6,13H2,1H3. The molecule has 0 aliphatic carbocycles. The second kappa shape index (κ2) is 4.37. The molecule has 0 amide bonds. The quantitative estimate of drug-likeness (QED) is 0.824. The number of nitrogens with zero attached hydrogens (tertiary/aromatic N) is 1. The predicted octanol–water partition coefficient (Wildman–Crippen LogP) is 1.86. The number of phenols is 1. The van der Waals surface area contributed by atoms with Crippen LogP contribution in [0.4, 0.5) is 0 Å². The number of nitrogens with two attached hydrogens (primary N) is 1. The highest BCUT2D eigenvalue weighted by molar-refractivity contribution is 5.62. The highest BCUT2D eigenvalue weighted by Crippen LogP contribution is 2.26. The zero-order valence-corrected chi connectivity index (χ0v) is 9.10. The summed E-state index contributed by atoms with van der Waals surface area (Å²) in [5.74, 6) is 1.60. The topological polar surface area (TPSA) is 72.3 Å². The summed E-state index contributed by atoms with van der Waals surface area (Å²) in [5, 5.41) is 9.40. The van der Waals surface area contributed by atoms with Crippen molar-refractivity contribution in [2.75, 3.05) is 6.54 Å². The van der Waals surface area contributed by atoms with Crippen LogP contribution in [0.25, 0.3) is 11.3 Å². The van der Waals surface area contributed by atoms with Crippen molar-refractivity contribution in [3.05, 3.63) is 35.9 Å². The lowest BCUT2D eigenvalue weighted by molar-refractivity contribution is 0.473. The van der Waals surface area contributed by atoms with Crippen molar-refractivity contribution < 1.29 is 9.52 Å². The maximum atomic E-state index is 9.40. The van der Waals surface area contributed by atoms with Crippen LogP contribution >= 0.6 is 0 Å². The van der Waals surface area contributed by atoms with Gasteiger partial charge in [0.2, 0.25) is 0 Å². The molecule has 1 aromatic carbocycles. The molecule has 3 N–H and O–H groups in total. The van der Waals surface area contributed by atoms with E-state index in [1.54, 1.807) is 18.2 Å². The molecule has 0 saturated carbocycles. The molecule has 2 aromatic rings. The third-order valence-electron chi connectivity index (χ3n) is 2.32. The predicted molar refractivity (Wildman–Crippen MR) is 61.1 cm³/mol. The largest absolute Gasteiger partial charge is 0.508 e. The van der Waals surface area contributed by atoms with Crippen molar-refractivity contribution in [1.82, 2.24) is 4.98 Å². The van der Waals surface area contributed by atoms with Crippen molar-refractivity contribution in [3.63, 3.8) is 0 Å². The fraction of sp³-hybridized carbons (Fsp3) is 0.250. The first-order chi connectivity index (χ1) is 7.70. The highest BCUT2D eigenvalue weighted by Gasteiger charge is 2.11. The van der Waals surface area contributed by atoms with Crippen molar-refractivity contribution in [2.24, 2.45) is 5.73 Å². The van der Waals surface area contributed by atoms with Crippen molar-refractivity contribution in [1.29, 1.82) is 0 Å². The van der Waals surface area contributed by atoms with E-state index < -0.39 is 0 Å². The number of rotatable bonds is 3. The summed E-state index contributed by atoms with van der Waals surface area (Å²) in [6.45, 7) is 2.37. The Morgan fingerprint density at radius 2 is 2.25 bits per heavy atom. The van der Waals surface area contributed by atoms with Gasteiger partial charge in [-0.05, 0) is 19.1 Å². The first-order valence-electron chi connectivity index (χ1n) is 5.16. The molecular formula is C12H14N2O2. The van der Waals surface area contributed by atoms with Crippen LogP contribution in [0, 0.1) is 6.92 Å². The van der Waals surface area contributed by atoms with Crippen molar-refractivity contribution in [2.45, 2.75) is 13.3 Å². The lowest BCUT2D eigenvalue weighted by Crippen LogP contribution is -2.02. The van der Waals surface area contributed by atoms with Crippen LogP contribution in [-0.2, 0) is 6.42 Å². The van der Waals surface area contributed by atoms with Gasteiger partial charge in [0, 0.05) is 18.5 Å². The average Bonchev–Trinajstić information content (AvgIpc) is 2.60. The molecule has 0 aliphatic heterocycles. The number of hydrogen-bond donors (Lipinski definition) is 2. The summed E-state index contributed by atoms with van der Waals surface area (Å²) in [7, 11) is 0. The van der Waals surface area contributed by atoms with E-state index in [-0.39, 0.29) is 5.75 Å². The smallest absolute Gasteiger partial charge is 0.196 e. The summed E-state index contributed by atoms with van der Waals surface area (Å²) in [6, 6.07) is 6.95. The van der Waals surface area contributed by atoms with Crippen LogP contribution in [-0.4, -0.2) is 16.6 Å². The van der Waals surface area contributed by atoms with Crippen LogP contribution in [0.2, 0.25) is 0 Å². The Hall–Kier alpha value is -1.81. The molecule has 2 rings (SSSR count). The molecule has 0 bridgehead atoms. The fourth-order valence-corrected chi connectivity index (χ4v) is 1.60. The molecule has 0 atom stereocenters. The van der Waals surface area contributed by atoms with Crippen molar-refractivity contribution in [3.8, 4) is 17.0 Å². The first-order valence-corrected chi connectivity index (χ1v) is 5.16. The Kier molecular flexibility index (Phi) is 2.92. The lowest BCUT2D eigenvalue weighted by Gasteiger charge is -1.97. The number of aromatic nitrogens is 1. The minimum atomic E-state index is 0.222. The molecule has 1 aromatic heterocycles. The first kappa shape index (κ1) is 10.7. The van der Waals surface area contributed by atoms with Gasteiger partial charge in [-0.2, -0.15) is 0 Å². The monoisotopic (exact) mass is 218 g/mol. The average molecular weight is 218 g/mol. The number of phenolic OH excluding ortho intramolecular Hbond substituents is 1. The Labute approximate surface area is 93.7 Å². The summed E-state index contributed by atoms with van der Waals surface area (Å²) in [5.41, 5.74) is 7.06. The van der Waals surface area contributed by atoms with E-state index in [1.807, 2.05) is 13.0 Å². The van der Waals surface area contributed by atoms with Gasteiger partial charge in [-0.3, -0.25) is 0 Å². The van der Waals surface area contributed by atoms with E-state index in [0.29, 0.717) is 18.9 Å². The molecule has 84 valence electrons. The van der Waals surface area contributed by atoms with Crippen LogP contribution in [0.1, 0.15) is 11.7 Å². The van der Waals surface area contributed by atoms with Gasteiger partial charge in [-0.25, -0.2) is 4.98 Å². The third-order valence-corrected chi connectivity index (χ3v) is 2.32. The van der Waals surface area contributed by atoms with Gasteiger partial charge in [-0.1, -0.05) is 12.1 Å². The van der Waals surface area contributed by atoms with Gasteiger partial charge in [0.15, 0.2) is 5.89 Å². The molecule has 4 heteroatoms. The zero-order valence-electron chi connectivity index (χ0n) is 9.10. The second-order valence-corrected chi connectivity index (χ2v) is 3.60. The van der Waals surface area contributed by atoms with Crippen LogP contribution in [0.5, 0.6) is 5.75 Å². The molecular weight excluding hydrogens is 204 g/mol. The number of benzene rings is 1. The van der Waals surface area contributed by atoms with E-state index in [2.05, 4.69) is 4.98 Å². The number of aromatic hydroxyl groups is 1. The van der Waals surface area contributed by atoms with Crippen LogP contribution < -0.4 is 5.73 Å². The Bertz CT molecular complexity index is 492. The molecule has 1 heterocycles. The minimum Gasteiger partial charge on any atom is -0.508 e. The number of oxazole rings is 1.